The molecule has 0 saturated carbocycles. The summed E-state index contributed by atoms with van der Waals surface area (Å²) in [7, 11) is 0. The van der Waals surface area contributed by atoms with Crippen LogP contribution in [-0.2, 0) is 0 Å². The molecule has 2 heterocycles. The first-order valence-corrected chi connectivity index (χ1v) is 4.93. The number of hydrogen-bond donors (Lipinski definition) is 0. The van der Waals surface area contributed by atoms with Crippen LogP contribution in [0.5, 0.6) is 0 Å². The van der Waals surface area contributed by atoms with Gasteiger partial charge in [-0.05, 0) is 19.1 Å². The molecular weight excluding hydrogens is 251 g/mol. The van der Waals surface area contributed by atoms with Crippen LogP contribution in [0.2, 0.25) is 5.15 Å². The molecule has 0 aliphatic rings. The van der Waals surface area contributed by atoms with E-state index in [1.165, 1.54) is 0 Å². The number of fused-ring (bicyclic) bond motifs is 1. The monoisotopic (exact) mass is 256 g/mol. The van der Waals surface area contributed by atoms with Gasteiger partial charge in [0, 0.05) is 16.1 Å². The second-order valence-corrected chi connectivity index (χ2v) is 3.96. The Bertz CT molecular complexity index is 470. The van der Waals surface area contributed by atoms with Crippen LogP contribution < -0.4 is 0 Å². The number of aromatic nitrogens is 2. The molecule has 0 spiro atoms. The zero-order chi connectivity index (χ0) is 9.42. The fraction of sp³-hybridized carbons (Fsp3) is 0.111. The minimum Gasteiger partial charge on any atom is -0.254 e. The van der Waals surface area contributed by atoms with Crippen LogP contribution in [0.25, 0.3) is 10.9 Å². The molecule has 0 unspecified atom stereocenters. The van der Waals surface area contributed by atoms with Gasteiger partial charge in [-0.3, -0.25) is 4.98 Å². The maximum Gasteiger partial charge on any atom is 0.130 e. The van der Waals surface area contributed by atoms with E-state index in [4.69, 9.17) is 11.6 Å². The maximum absolute atomic E-state index is 5.84. The van der Waals surface area contributed by atoms with E-state index in [-0.39, 0.29) is 0 Å². The van der Waals surface area contributed by atoms with Crippen molar-refractivity contribution in [3.05, 3.63) is 33.6 Å². The third kappa shape index (κ3) is 1.54. The van der Waals surface area contributed by atoms with E-state index in [1.807, 2.05) is 13.0 Å². The Kier molecular flexibility index (Phi) is 2.22. The predicted octanol–water partition coefficient (Wildman–Crippen LogP) is 3.35. The number of rotatable bonds is 0. The van der Waals surface area contributed by atoms with Crippen LogP contribution in [-0.4, -0.2) is 9.97 Å². The van der Waals surface area contributed by atoms with Crippen molar-refractivity contribution in [3.63, 3.8) is 0 Å². The van der Waals surface area contributed by atoms with Crippen molar-refractivity contribution in [2.45, 2.75) is 6.92 Å². The largest absolute Gasteiger partial charge is 0.254 e. The van der Waals surface area contributed by atoms with Gasteiger partial charge in [0.1, 0.15) is 5.15 Å². The lowest BCUT2D eigenvalue weighted by atomic mass is 10.2. The smallest absolute Gasteiger partial charge is 0.130 e. The molecule has 0 aliphatic heterocycles. The maximum atomic E-state index is 5.84. The highest BCUT2D eigenvalue weighted by Crippen LogP contribution is 2.25. The molecule has 66 valence electrons. The van der Waals surface area contributed by atoms with E-state index in [9.17, 15) is 0 Å². The predicted molar refractivity (Wildman–Crippen MR) is 57.0 cm³/mol. The summed E-state index contributed by atoms with van der Waals surface area (Å²) in [6.45, 7) is 1.90. The van der Waals surface area contributed by atoms with Crippen LogP contribution in [0, 0.1) is 6.92 Å². The lowest BCUT2D eigenvalue weighted by Gasteiger charge is -2.02. The van der Waals surface area contributed by atoms with Gasteiger partial charge in [0.25, 0.3) is 0 Å². The van der Waals surface area contributed by atoms with Gasteiger partial charge in [0.2, 0.25) is 0 Å². The Morgan fingerprint density at radius 3 is 3.00 bits per heavy atom. The van der Waals surface area contributed by atoms with Crippen molar-refractivity contribution in [1.29, 1.82) is 0 Å². The van der Waals surface area contributed by atoms with Gasteiger partial charge in [0.15, 0.2) is 0 Å². The lowest BCUT2D eigenvalue weighted by molar-refractivity contribution is 1.20. The average Bonchev–Trinajstić information content (AvgIpc) is 2.07. The summed E-state index contributed by atoms with van der Waals surface area (Å²) < 4.78 is 0.991. The molecule has 2 rings (SSSR count). The van der Waals surface area contributed by atoms with Gasteiger partial charge in [-0.25, -0.2) is 4.98 Å². The van der Waals surface area contributed by atoms with E-state index >= 15 is 0 Å². The molecule has 0 aliphatic carbocycles. The van der Waals surface area contributed by atoms with Gasteiger partial charge in [-0.2, -0.15) is 0 Å². The fourth-order valence-electron chi connectivity index (χ4n) is 1.24. The van der Waals surface area contributed by atoms with Crippen molar-refractivity contribution in [2.24, 2.45) is 0 Å². The minimum atomic E-state index is 0.499. The zero-order valence-corrected chi connectivity index (χ0v) is 9.22. The molecule has 0 radical (unpaired) electrons. The highest BCUT2D eigenvalue weighted by molar-refractivity contribution is 9.10. The third-order valence-corrected chi connectivity index (χ3v) is 2.70. The van der Waals surface area contributed by atoms with Crippen LogP contribution >= 0.6 is 27.5 Å². The average molecular weight is 258 g/mol. The Balaban J connectivity index is 2.94. The van der Waals surface area contributed by atoms with Gasteiger partial charge >= 0.3 is 0 Å². The van der Waals surface area contributed by atoms with E-state index in [1.54, 1.807) is 12.3 Å². The molecule has 0 saturated heterocycles. The molecule has 4 heteroatoms. The summed E-state index contributed by atoms with van der Waals surface area (Å²) in [5.74, 6) is 0. The first-order valence-electron chi connectivity index (χ1n) is 3.76. The van der Waals surface area contributed by atoms with Crippen LogP contribution in [0.4, 0.5) is 0 Å². The highest BCUT2D eigenvalue weighted by atomic mass is 79.9. The number of hydrogen-bond acceptors (Lipinski definition) is 2. The number of pyridine rings is 2. The third-order valence-electron chi connectivity index (χ3n) is 1.82. The summed E-state index contributed by atoms with van der Waals surface area (Å²) in [4.78, 5) is 8.36. The summed E-state index contributed by atoms with van der Waals surface area (Å²) >= 11 is 9.27. The van der Waals surface area contributed by atoms with Crippen molar-refractivity contribution in [2.75, 3.05) is 0 Å². The minimum absolute atomic E-state index is 0.499. The second-order valence-electron chi connectivity index (χ2n) is 2.72. The molecule has 13 heavy (non-hydrogen) atoms. The van der Waals surface area contributed by atoms with Crippen LogP contribution in [0.1, 0.15) is 5.69 Å². The van der Waals surface area contributed by atoms with E-state index in [0.29, 0.717) is 5.15 Å². The van der Waals surface area contributed by atoms with E-state index in [0.717, 1.165) is 21.1 Å². The van der Waals surface area contributed by atoms with E-state index in [2.05, 4.69) is 25.9 Å². The van der Waals surface area contributed by atoms with E-state index < -0.39 is 0 Å². The number of halogens is 2. The first-order chi connectivity index (χ1) is 6.18. The topological polar surface area (TPSA) is 25.8 Å². The second kappa shape index (κ2) is 3.24. The van der Waals surface area contributed by atoms with Crippen molar-refractivity contribution in [3.8, 4) is 0 Å². The van der Waals surface area contributed by atoms with Gasteiger partial charge in [-0.1, -0.05) is 27.5 Å². The Morgan fingerprint density at radius 2 is 2.23 bits per heavy atom. The Morgan fingerprint density at radius 1 is 1.46 bits per heavy atom. The van der Waals surface area contributed by atoms with Gasteiger partial charge in [0.05, 0.1) is 11.2 Å². The number of nitrogens with zero attached hydrogens (tertiary/aromatic N) is 2. The normalized spacial score (nSPS) is 10.7. The first kappa shape index (κ1) is 8.91. The van der Waals surface area contributed by atoms with Crippen LogP contribution in [0.15, 0.2) is 22.8 Å². The van der Waals surface area contributed by atoms with Crippen molar-refractivity contribution >= 4 is 38.4 Å². The molecular formula is C9H6BrClN2. The lowest BCUT2D eigenvalue weighted by Crippen LogP contribution is -1.88. The Hall–Kier alpha value is -0.670. The molecule has 2 nitrogen and oxygen atoms in total. The van der Waals surface area contributed by atoms with Crippen molar-refractivity contribution < 1.29 is 0 Å². The molecule has 2 aromatic heterocycles. The molecule has 0 atom stereocenters. The fourth-order valence-corrected chi connectivity index (χ4v) is 1.90. The van der Waals surface area contributed by atoms with Crippen LogP contribution in [0.3, 0.4) is 0 Å². The zero-order valence-electron chi connectivity index (χ0n) is 6.88. The molecule has 0 bridgehead atoms. The SMILES string of the molecule is Cc1nc(Cl)cc2c(Br)ccnc12. The summed E-state index contributed by atoms with van der Waals surface area (Å²) in [5.41, 5.74) is 1.74. The van der Waals surface area contributed by atoms with Gasteiger partial charge < -0.3 is 0 Å². The summed E-state index contributed by atoms with van der Waals surface area (Å²) in [6.07, 6.45) is 1.75. The molecule has 2 aromatic rings. The number of aryl methyl sites for hydroxylation is 1. The molecule has 0 N–H and O–H groups in total. The van der Waals surface area contributed by atoms with Gasteiger partial charge in [-0.15, -0.1) is 0 Å². The molecule has 0 amide bonds. The van der Waals surface area contributed by atoms with Crippen molar-refractivity contribution in [1.82, 2.24) is 9.97 Å². The highest BCUT2D eigenvalue weighted by Gasteiger charge is 2.04. The summed E-state index contributed by atoms with van der Waals surface area (Å²) in [6, 6.07) is 3.69. The Labute approximate surface area is 89.1 Å². The standard InChI is InChI=1S/C9H6BrClN2/c1-5-9-6(4-8(11)13-5)7(10)2-3-12-9/h2-4H,1H3. The summed E-state index contributed by atoms with van der Waals surface area (Å²) in [5, 5.41) is 1.50. The molecule has 0 fully saturated rings. The molecule has 0 aromatic carbocycles. The quantitative estimate of drug-likeness (QED) is 0.676.